The first-order valence-electron chi connectivity index (χ1n) is 6.80. The van der Waals surface area contributed by atoms with Crippen molar-refractivity contribution < 1.29 is 9.90 Å². The van der Waals surface area contributed by atoms with Crippen LogP contribution in [-0.4, -0.2) is 17.6 Å². The minimum Gasteiger partial charge on any atom is -0.508 e. The third-order valence-corrected chi connectivity index (χ3v) is 5.10. The first-order valence-corrected chi connectivity index (χ1v) is 6.80. The monoisotopic (exact) mass is 261 g/mol. The molecule has 2 N–H and O–H groups in total. The maximum Gasteiger partial charge on any atom is 0.224 e. The van der Waals surface area contributed by atoms with E-state index >= 15 is 0 Å². The van der Waals surface area contributed by atoms with Crippen LogP contribution in [0.3, 0.4) is 0 Å². The molecule has 0 aliphatic heterocycles. The Kier molecular flexibility index (Phi) is 3.33. The Morgan fingerprint density at radius 3 is 2.42 bits per heavy atom. The number of rotatable bonds is 4. The standard InChI is InChI=1S/C16H23NO2/c1-15(2)13(16(15,3)4)10-17-14(19)9-11-6-5-7-12(18)8-11/h5-8,13,18H,9-10H2,1-4H3,(H,17,19). The quantitative estimate of drug-likeness (QED) is 0.875. The van der Waals surface area contributed by atoms with Gasteiger partial charge in [-0.25, -0.2) is 0 Å². The Labute approximate surface area is 115 Å². The van der Waals surface area contributed by atoms with Gasteiger partial charge in [-0.05, 0) is 34.4 Å². The van der Waals surface area contributed by atoms with Crippen molar-refractivity contribution in [3.63, 3.8) is 0 Å². The van der Waals surface area contributed by atoms with Crippen molar-refractivity contribution in [3.05, 3.63) is 29.8 Å². The number of hydrogen-bond donors (Lipinski definition) is 2. The molecule has 104 valence electrons. The maximum absolute atomic E-state index is 11.9. The van der Waals surface area contributed by atoms with E-state index in [1.54, 1.807) is 18.2 Å². The summed E-state index contributed by atoms with van der Waals surface area (Å²) in [6.07, 6.45) is 0.321. The SMILES string of the molecule is CC1(C)C(CNC(=O)Cc2cccc(O)c2)C1(C)C. The van der Waals surface area contributed by atoms with E-state index in [1.165, 1.54) is 0 Å². The molecule has 0 saturated heterocycles. The van der Waals surface area contributed by atoms with Crippen LogP contribution in [0.15, 0.2) is 24.3 Å². The van der Waals surface area contributed by atoms with E-state index in [9.17, 15) is 9.90 Å². The molecular formula is C16H23NO2. The summed E-state index contributed by atoms with van der Waals surface area (Å²) in [5, 5.41) is 12.4. The van der Waals surface area contributed by atoms with Gasteiger partial charge >= 0.3 is 0 Å². The van der Waals surface area contributed by atoms with Crippen LogP contribution in [0.2, 0.25) is 0 Å². The molecule has 1 aliphatic carbocycles. The van der Waals surface area contributed by atoms with Crippen LogP contribution in [0.25, 0.3) is 0 Å². The molecule has 1 aromatic rings. The largest absolute Gasteiger partial charge is 0.508 e. The minimum absolute atomic E-state index is 0.0177. The van der Waals surface area contributed by atoms with E-state index in [2.05, 4.69) is 33.0 Å². The van der Waals surface area contributed by atoms with Crippen molar-refractivity contribution >= 4 is 5.91 Å². The summed E-state index contributed by atoms with van der Waals surface area (Å²) < 4.78 is 0. The molecule has 0 atom stereocenters. The summed E-state index contributed by atoms with van der Waals surface area (Å²) >= 11 is 0. The predicted molar refractivity (Wildman–Crippen MR) is 75.9 cm³/mol. The van der Waals surface area contributed by atoms with Crippen molar-refractivity contribution in [1.29, 1.82) is 0 Å². The van der Waals surface area contributed by atoms with Crippen LogP contribution in [0.5, 0.6) is 5.75 Å². The molecule has 19 heavy (non-hydrogen) atoms. The fourth-order valence-corrected chi connectivity index (χ4v) is 2.97. The third kappa shape index (κ3) is 2.60. The van der Waals surface area contributed by atoms with Crippen molar-refractivity contribution in [2.45, 2.75) is 34.1 Å². The first-order chi connectivity index (χ1) is 8.75. The molecule has 0 radical (unpaired) electrons. The molecule has 3 heteroatoms. The second-order valence-corrected chi connectivity index (χ2v) is 6.65. The lowest BCUT2D eigenvalue weighted by molar-refractivity contribution is -0.120. The molecule has 0 heterocycles. The zero-order valence-corrected chi connectivity index (χ0v) is 12.2. The minimum atomic E-state index is 0.0177. The summed E-state index contributed by atoms with van der Waals surface area (Å²) in [5.41, 5.74) is 1.43. The van der Waals surface area contributed by atoms with Gasteiger partial charge < -0.3 is 10.4 Å². The normalized spacial score (nSPS) is 20.0. The van der Waals surface area contributed by atoms with Crippen molar-refractivity contribution in [2.24, 2.45) is 16.7 Å². The van der Waals surface area contributed by atoms with Crippen molar-refractivity contribution in [1.82, 2.24) is 5.32 Å². The van der Waals surface area contributed by atoms with Gasteiger partial charge in [0.1, 0.15) is 5.75 Å². The van der Waals surface area contributed by atoms with Crippen LogP contribution in [0.4, 0.5) is 0 Å². The summed E-state index contributed by atoms with van der Waals surface area (Å²) in [5.74, 6) is 0.756. The molecule has 1 fully saturated rings. The van der Waals surface area contributed by atoms with Gasteiger partial charge in [0.05, 0.1) is 6.42 Å². The average Bonchev–Trinajstić information content (AvgIpc) is 2.66. The highest BCUT2D eigenvalue weighted by atomic mass is 16.3. The number of phenols is 1. The number of amides is 1. The first kappa shape index (κ1) is 13.9. The van der Waals surface area contributed by atoms with Gasteiger partial charge in [0.2, 0.25) is 5.91 Å². The zero-order valence-electron chi connectivity index (χ0n) is 12.2. The van der Waals surface area contributed by atoms with Crippen LogP contribution >= 0.6 is 0 Å². The second kappa shape index (κ2) is 4.55. The molecule has 1 aromatic carbocycles. The van der Waals surface area contributed by atoms with Gasteiger partial charge in [-0.3, -0.25) is 4.79 Å². The summed E-state index contributed by atoms with van der Waals surface area (Å²) in [6, 6.07) is 6.84. The Balaban J connectivity index is 1.84. The fourth-order valence-electron chi connectivity index (χ4n) is 2.97. The lowest BCUT2D eigenvalue weighted by atomic mass is 10.0. The van der Waals surface area contributed by atoms with Gasteiger partial charge in [0, 0.05) is 6.54 Å². The number of benzene rings is 1. The fraction of sp³-hybridized carbons (Fsp3) is 0.562. The number of carbonyl (C=O) groups is 1. The summed E-state index contributed by atoms with van der Waals surface area (Å²) in [4.78, 5) is 11.9. The summed E-state index contributed by atoms with van der Waals surface area (Å²) in [6.45, 7) is 9.73. The van der Waals surface area contributed by atoms with Gasteiger partial charge in [-0.15, -0.1) is 0 Å². The highest BCUT2D eigenvalue weighted by molar-refractivity contribution is 5.78. The highest BCUT2D eigenvalue weighted by Crippen LogP contribution is 2.67. The predicted octanol–water partition coefficient (Wildman–Crippen LogP) is 2.73. The lowest BCUT2D eigenvalue weighted by Gasteiger charge is -2.07. The molecule has 2 rings (SSSR count). The van der Waals surface area contributed by atoms with Gasteiger partial charge in [-0.2, -0.15) is 0 Å². The molecule has 0 aromatic heterocycles. The molecule has 3 nitrogen and oxygen atoms in total. The van der Waals surface area contributed by atoms with E-state index in [4.69, 9.17) is 0 Å². The Morgan fingerprint density at radius 2 is 1.89 bits per heavy atom. The Hall–Kier alpha value is -1.51. The lowest BCUT2D eigenvalue weighted by Crippen LogP contribution is -2.28. The number of aromatic hydroxyl groups is 1. The van der Waals surface area contributed by atoms with Crippen LogP contribution in [0, 0.1) is 16.7 Å². The van der Waals surface area contributed by atoms with Crippen molar-refractivity contribution in [2.75, 3.05) is 6.54 Å². The smallest absolute Gasteiger partial charge is 0.224 e. The molecule has 1 saturated carbocycles. The highest BCUT2D eigenvalue weighted by Gasteiger charge is 2.64. The number of carbonyl (C=O) groups excluding carboxylic acids is 1. The van der Waals surface area contributed by atoms with Gasteiger partial charge in [0.25, 0.3) is 0 Å². The molecular weight excluding hydrogens is 238 g/mol. The van der Waals surface area contributed by atoms with Crippen LogP contribution in [-0.2, 0) is 11.2 Å². The number of hydrogen-bond acceptors (Lipinski definition) is 2. The molecule has 0 spiro atoms. The summed E-state index contributed by atoms with van der Waals surface area (Å²) in [7, 11) is 0. The van der Waals surface area contributed by atoms with Crippen molar-refractivity contribution in [3.8, 4) is 5.75 Å². The molecule has 0 bridgehead atoms. The van der Waals surface area contributed by atoms with E-state index < -0.39 is 0 Å². The maximum atomic E-state index is 11.9. The van der Waals surface area contributed by atoms with E-state index in [1.807, 2.05) is 6.07 Å². The Morgan fingerprint density at radius 1 is 1.26 bits per heavy atom. The number of phenolic OH excluding ortho intramolecular Hbond substituents is 1. The average molecular weight is 261 g/mol. The molecule has 1 amide bonds. The van der Waals surface area contributed by atoms with Crippen LogP contribution < -0.4 is 5.32 Å². The second-order valence-electron chi connectivity index (χ2n) is 6.65. The zero-order chi connectivity index (χ0) is 14.3. The molecule has 0 unspecified atom stereocenters. The topological polar surface area (TPSA) is 49.3 Å². The Bertz CT molecular complexity index is 477. The molecule has 1 aliphatic rings. The van der Waals surface area contributed by atoms with Gasteiger partial charge in [-0.1, -0.05) is 39.8 Å². The van der Waals surface area contributed by atoms with Crippen LogP contribution in [0.1, 0.15) is 33.3 Å². The van der Waals surface area contributed by atoms with E-state index in [0.29, 0.717) is 23.2 Å². The third-order valence-electron chi connectivity index (χ3n) is 5.10. The van der Waals surface area contributed by atoms with Gasteiger partial charge in [0.15, 0.2) is 0 Å². The number of nitrogens with one attached hydrogen (secondary N) is 1. The van der Waals surface area contributed by atoms with E-state index in [-0.39, 0.29) is 11.7 Å². The van der Waals surface area contributed by atoms with E-state index in [0.717, 1.165) is 12.1 Å².